The first-order chi connectivity index (χ1) is 12.7. The maximum Gasteiger partial charge on any atom is 0.193 e. The van der Waals surface area contributed by atoms with Crippen LogP contribution in [0.25, 0.3) is 0 Å². The molecular weight excluding hydrogens is 322 g/mol. The first-order valence-corrected chi connectivity index (χ1v) is 10.3. The SMILES string of the molecule is CN=C(NCC1CCOC1c1ccccc1)N(C)CC1CCC(C)CC1. The quantitative estimate of drug-likeness (QED) is 0.637. The monoisotopic (exact) mass is 357 g/mol. The second-order valence-corrected chi connectivity index (χ2v) is 8.19. The van der Waals surface area contributed by atoms with E-state index in [1.54, 1.807) is 0 Å². The summed E-state index contributed by atoms with van der Waals surface area (Å²) in [5.74, 6) is 3.23. The van der Waals surface area contributed by atoms with Crippen molar-refractivity contribution in [3.63, 3.8) is 0 Å². The lowest BCUT2D eigenvalue weighted by Gasteiger charge is -2.32. The van der Waals surface area contributed by atoms with Crippen LogP contribution in [0.1, 0.15) is 50.7 Å². The Balaban J connectivity index is 1.50. The van der Waals surface area contributed by atoms with E-state index in [4.69, 9.17) is 4.74 Å². The fourth-order valence-corrected chi connectivity index (χ4v) is 4.45. The first kappa shape index (κ1) is 19.2. The predicted octanol–water partition coefficient (Wildman–Crippen LogP) is 4.10. The molecule has 0 amide bonds. The average Bonchev–Trinajstić information content (AvgIpc) is 3.13. The topological polar surface area (TPSA) is 36.9 Å². The van der Waals surface area contributed by atoms with Gasteiger partial charge in [-0.05, 0) is 36.7 Å². The summed E-state index contributed by atoms with van der Waals surface area (Å²) in [6.45, 7) is 5.25. The number of ether oxygens (including phenoxy) is 1. The lowest BCUT2D eigenvalue weighted by molar-refractivity contribution is 0.0913. The van der Waals surface area contributed by atoms with Gasteiger partial charge in [-0.25, -0.2) is 0 Å². The van der Waals surface area contributed by atoms with Crippen molar-refractivity contribution in [1.29, 1.82) is 0 Å². The van der Waals surface area contributed by atoms with Gasteiger partial charge in [-0.1, -0.05) is 50.1 Å². The zero-order valence-corrected chi connectivity index (χ0v) is 16.7. The van der Waals surface area contributed by atoms with Crippen LogP contribution in [-0.2, 0) is 4.74 Å². The van der Waals surface area contributed by atoms with Crippen LogP contribution in [0.2, 0.25) is 0 Å². The molecule has 2 fully saturated rings. The van der Waals surface area contributed by atoms with Gasteiger partial charge in [-0.3, -0.25) is 4.99 Å². The van der Waals surface area contributed by atoms with Gasteiger partial charge >= 0.3 is 0 Å². The summed E-state index contributed by atoms with van der Waals surface area (Å²) in [4.78, 5) is 6.83. The Bertz CT molecular complexity index is 566. The Hall–Kier alpha value is -1.55. The molecule has 3 rings (SSSR count). The van der Waals surface area contributed by atoms with E-state index in [0.29, 0.717) is 5.92 Å². The van der Waals surface area contributed by atoms with Crippen molar-refractivity contribution in [3.8, 4) is 0 Å². The predicted molar refractivity (Wildman–Crippen MR) is 108 cm³/mol. The zero-order valence-electron chi connectivity index (χ0n) is 16.7. The third-order valence-corrected chi connectivity index (χ3v) is 6.11. The summed E-state index contributed by atoms with van der Waals surface area (Å²) in [7, 11) is 4.06. The highest BCUT2D eigenvalue weighted by atomic mass is 16.5. The third kappa shape index (κ3) is 5.00. The molecule has 1 N–H and O–H groups in total. The number of nitrogens with zero attached hydrogens (tertiary/aromatic N) is 2. The molecule has 0 spiro atoms. The molecule has 144 valence electrons. The van der Waals surface area contributed by atoms with Crippen LogP contribution in [-0.4, -0.2) is 44.7 Å². The molecule has 26 heavy (non-hydrogen) atoms. The van der Waals surface area contributed by atoms with Crippen molar-refractivity contribution in [2.24, 2.45) is 22.7 Å². The van der Waals surface area contributed by atoms with Crippen LogP contribution in [0.5, 0.6) is 0 Å². The minimum absolute atomic E-state index is 0.201. The Kier molecular flexibility index (Phi) is 6.95. The molecule has 0 radical (unpaired) electrons. The van der Waals surface area contributed by atoms with Gasteiger partial charge in [0.05, 0.1) is 6.10 Å². The maximum absolute atomic E-state index is 6.02. The van der Waals surface area contributed by atoms with Crippen molar-refractivity contribution < 1.29 is 4.74 Å². The number of aliphatic imine (C=N–C) groups is 1. The largest absolute Gasteiger partial charge is 0.373 e. The van der Waals surface area contributed by atoms with Crippen LogP contribution < -0.4 is 5.32 Å². The molecule has 2 aliphatic rings. The number of hydrogen-bond acceptors (Lipinski definition) is 2. The van der Waals surface area contributed by atoms with Crippen LogP contribution in [0, 0.1) is 17.8 Å². The molecule has 1 aliphatic carbocycles. The number of guanidine groups is 1. The fraction of sp³-hybridized carbons (Fsp3) is 0.682. The molecule has 1 aliphatic heterocycles. The lowest BCUT2D eigenvalue weighted by atomic mass is 9.83. The molecule has 1 saturated carbocycles. The first-order valence-electron chi connectivity index (χ1n) is 10.3. The van der Waals surface area contributed by atoms with Gasteiger partial charge in [0.2, 0.25) is 0 Å². The second kappa shape index (κ2) is 9.40. The molecule has 0 bridgehead atoms. The van der Waals surface area contributed by atoms with Crippen molar-refractivity contribution in [3.05, 3.63) is 35.9 Å². The van der Waals surface area contributed by atoms with Crippen molar-refractivity contribution in [1.82, 2.24) is 10.2 Å². The standard InChI is InChI=1S/C22H35N3O/c1-17-9-11-18(12-10-17)16-25(3)22(23-2)24-15-20-13-14-26-21(20)19-7-5-4-6-8-19/h4-8,17-18,20-21H,9-16H2,1-3H3,(H,23,24). The van der Waals surface area contributed by atoms with E-state index >= 15 is 0 Å². The molecule has 2 atom stereocenters. The van der Waals surface area contributed by atoms with E-state index in [2.05, 4.69) is 59.5 Å². The summed E-state index contributed by atoms with van der Waals surface area (Å²) in [5, 5.41) is 3.61. The molecule has 2 unspecified atom stereocenters. The molecule has 1 aromatic rings. The maximum atomic E-state index is 6.02. The van der Waals surface area contributed by atoms with Crippen molar-refractivity contribution in [2.75, 3.05) is 33.8 Å². The van der Waals surface area contributed by atoms with Gasteiger partial charge < -0.3 is 15.0 Å². The van der Waals surface area contributed by atoms with Crippen molar-refractivity contribution in [2.45, 2.75) is 45.1 Å². The van der Waals surface area contributed by atoms with Gasteiger partial charge in [-0.15, -0.1) is 0 Å². The Morgan fingerprint density at radius 3 is 2.58 bits per heavy atom. The Morgan fingerprint density at radius 1 is 1.15 bits per heavy atom. The van der Waals surface area contributed by atoms with Crippen LogP contribution >= 0.6 is 0 Å². The number of rotatable bonds is 5. The summed E-state index contributed by atoms with van der Waals surface area (Å²) in [6.07, 6.45) is 6.77. The summed E-state index contributed by atoms with van der Waals surface area (Å²) in [6, 6.07) is 10.6. The average molecular weight is 358 g/mol. The van der Waals surface area contributed by atoms with Gasteiger partial charge in [0.25, 0.3) is 0 Å². The van der Waals surface area contributed by atoms with Gasteiger partial charge in [0.15, 0.2) is 5.96 Å². The second-order valence-electron chi connectivity index (χ2n) is 8.19. The minimum Gasteiger partial charge on any atom is -0.373 e. The van der Waals surface area contributed by atoms with Crippen molar-refractivity contribution >= 4 is 5.96 Å². The van der Waals surface area contributed by atoms with E-state index < -0.39 is 0 Å². The molecule has 1 aromatic carbocycles. The molecule has 1 heterocycles. The zero-order chi connectivity index (χ0) is 18.4. The van der Waals surface area contributed by atoms with E-state index in [-0.39, 0.29) is 6.10 Å². The number of benzene rings is 1. The van der Waals surface area contributed by atoms with Crippen LogP contribution in [0.15, 0.2) is 35.3 Å². The fourth-order valence-electron chi connectivity index (χ4n) is 4.45. The third-order valence-electron chi connectivity index (χ3n) is 6.11. The lowest BCUT2D eigenvalue weighted by Crippen LogP contribution is -2.43. The van der Waals surface area contributed by atoms with E-state index in [9.17, 15) is 0 Å². The number of nitrogens with one attached hydrogen (secondary N) is 1. The van der Waals surface area contributed by atoms with E-state index in [1.165, 1.54) is 31.2 Å². The Labute approximate surface area is 159 Å². The van der Waals surface area contributed by atoms with Gasteiger partial charge in [0, 0.05) is 39.7 Å². The summed E-state index contributed by atoms with van der Waals surface area (Å²) in [5.41, 5.74) is 1.29. The van der Waals surface area contributed by atoms with Gasteiger partial charge in [-0.2, -0.15) is 0 Å². The highest BCUT2D eigenvalue weighted by Crippen LogP contribution is 2.34. The van der Waals surface area contributed by atoms with Gasteiger partial charge in [0.1, 0.15) is 0 Å². The molecule has 1 saturated heterocycles. The summed E-state index contributed by atoms with van der Waals surface area (Å²) < 4.78 is 6.02. The smallest absolute Gasteiger partial charge is 0.193 e. The van der Waals surface area contributed by atoms with Crippen LogP contribution in [0.4, 0.5) is 0 Å². The van der Waals surface area contributed by atoms with E-state index in [0.717, 1.165) is 43.9 Å². The normalized spacial score (nSPS) is 29.6. The highest BCUT2D eigenvalue weighted by molar-refractivity contribution is 5.79. The van der Waals surface area contributed by atoms with Crippen LogP contribution in [0.3, 0.4) is 0 Å². The summed E-state index contributed by atoms with van der Waals surface area (Å²) >= 11 is 0. The Morgan fingerprint density at radius 2 is 1.88 bits per heavy atom. The molecular formula is C22H35N3O. The molecule has 0 aromatic heterocycles. The van der Waals surface area contributed by atoms with E-state index in [1.807, 2.05) is 7.05 Å². The molecule has 4 nitrogen and oxygen atoms in total. The minimum atomic E-state index is 0.201. The number of hydrogen-bond donors (Lipinski definition) is 1. The highest BCUT2D eigenvalue weighted by Gasteiger charge is 2.30. The molecule has 4 heteroatoms.